The number of benzene rings is 2. The van der Waals surface area contributed by atoms with Crippen LogP contribution in [-0.2, 0) is 11.8 Å². The molecule has 0 spiro atoms. The summed E-state index contributed by atoms with van der Waals surface area (Å²) in [5.41, 5.74) is 3.05. The normalized spacial score (nSPS) is 17.8. The Morgan fingerprint density at radius 1 is 1.14 bits per heavy atom. The fourth-order valence-corrected chi connectivity index (χ4v) is 4.06. The molecule has 2 N–H and O–H groups in total. The number of phenols is 2. The summed E-state index contributed by atoms with van der Waals surface area (Å²) >= 11 is 0. The van der Waals surface area contributed by atoms with Crippen molar-refractivity contribution in [2.45, 2.75) is 0 Å². The maximum Gasteiger partial charge on any atom is 0.235 e. The zero-order chi connectivity index (χ0) is 20.1. The second-order valence-electron chi connectivity index (χ2n) is 7.24. The molecule has 0 atom stereocenters. The molecule has 0 saturated carbocycles. The summed E-state index contributed by atoms with van der Waals surface area (Å²) < 4.78 is 13.2. The number of morpholine rings is 1. The van der Waals surface area contributed by atoms with Crippen LogP contribution in [0.15, 0.2) is 42.3 Å². The number of aryl methyl sites for hydroxylation is 1. The lowest BCUT2D eigenvalue weighted by molar-refractivity contribution is 0.101. The van der Waals surface area contributed by atoms with Crippen LogP contribution in [0.4, 0.5) is 5.69 Å². The molecule has 7 nitrogen and oxygen atoms in total. The molecule has 5 rings (SSSR count). The quantitative estimate of drug-likeness (QED) is 0.652. The molecule has 2 aromatic carbocycles. The van der Waals surface area contributed by atoms with E-state index in [9.17, 15) is 15.0 Å². The number of nitrogens with zero attached hydrogens (tertiary/aromatic N) is 2. The molecule has 1 aromatic heterocycles. The van der Waals surface area contributed by atoms with Crippen LogP contribution in [0.25, 0.3) is 17.0 Å². The van der Waals surface area contributed by atoms with Crippen LogP contribution in [0.5, 0.6) is 17.2 Å². The number of Topliss-reactive ketones (excluding diaryl/α,β-unsaturated/α-hetero) is 1. The summed E-state index contributed by atoms with van der Waals surface area (Å²) in [7, 11) is 1.96. The van der Waals surface area contributed by atoms with Crippen molar-refractivity contribution in [3.8, 4) is 17.2 Å². The predicted molar refractivity (Wildman–Crippen MR) is 109 cm³/mol. The Balaban J connectivity index is 1.63. The van der Waals surface area contributed by atoms with Gasteiger partial charge in [-0.3, -0.25) is 4.79 Å². The third kappa shape index (κ3) is 2.82. The van der Waals surface area contributed by atoms with Gasteiger partial charge in [-0.2, -0.15) is 0 Å². The fourth-order valence-electron chi connectivity index (χ4n) is 4.06. The number of aromatic hydroxyl groups is 2. The molecule has 148 valence electrons. The molecule has 3 heterocycles. The molecule has 2 aliphatic heterocycles. The molecule has 1 saturated heterocycles. The van der Waals surface area contributed by atoms with Crippen molar-refractivity contribution in [1.29, 1.82) is 0 Å². The number of allylic oxidation sites excluding steroid dienone is 1. The summed E-state index contributed by atoms with van der Waals surface area (Å²) in [5, 5.41) is 20.8. The van der Waals surface area contributed by atoms with E-state index in [1.165, 1.54) is 6.07 Å². The number of ether oxygens (including phenoxy) is 2. The number of aromatic nitrogens is 1. The minimum Gasteiger partial charge on any atom is -0.508 e. The van der Waals surface area contributed by atoms with E-state index in [2.05, 4.69) is 11.0 Å². The van der Waals surface area contributed by atoms with E-state index in [4.69, 9.17) is 9.47 Å². The average Bonchev–Trinajstić information content (AvgIpc) is 3.19. The van der Waals surface area contributed by atoms with Crippen molar-refractivity contribution in [2.75, 3.05) is 31.2 Å². The topological polar surface area (TPSA) is 84.2 Å². The van der Waals surface area contributed by atoms with Crippen molar-refractivity contribution in [1.82, 2.24) is 4.57 Å². The molecule has 2 aliphatic rings. The zero-order valence-corrected chi connectivity index (χ0v) is 15.9. The Hall–Kier alpha value is -3.45. The number of carbonyl (C=O) groups excluding carboxylic acids is 1. The van der Waals surface area contributed by atoms with Gasteiger partial charge in [0.05, 0.1) is 18.7 Å². The van der Waals surface area contributed by atoms with Crippen molar-refractivity contribution in [3.05, 3.63) is 53.4 Å². The SMILES string of the molecule is Cn1cc(/C=C2\Oc3cc(O)cc(O)c3C2=O)c2c(N3CCOCC3)cccc21. The average molecular weight is 392 g/mol. The van der Waals surface area contributed by atoms with Gasteiger partial charge in [0.1, 0.15) is 22.8 Å². The van der Waals surface area contributed by atoms with Crippen LogP contribution in [0.3, 0.4) is 0 Å². The van der Waals surface area contributed by atoms with E-state index in [0.29, 0.717) is 13.2 Å². The first-order valence-corrected chi connectivity index (χ1v) is 9.44. The third-order valence-corrected chi connectivity index (χ3v) is 5.40. The highest BCUT2D eigenvalue weighted by atomic mass is 16.5. The highest BCUT2D eigenvalue weighted by Gasteiger charge is 2.32. The molecular formula is C22H20N2O5. The maximum absolute atomic E-state index is 12.8. The van der Waals surface area contributed by atoms with Gasteiger partial charge in [0, 0.05) is 55.1 Å². The molecule has 0 unspecified atom stereocenters. The van der Waals surface area contributed by atoms with Gasteiger partial charge >= 0.3 is 0 Å². The Morgan fingerprint density at radius 2 is 1.93 bits per heavy atom. The van der Waals surface area contributed by atoms with Crippen LogP contribution in [0, 0.1) is 0 Å². The van der Waals surface area contributed by atoms with E-state index >= 15 is 0 Å². The predicted octanol–water partition coefficient (Wildman–Crippen LogP) is 3.04. The number of phenolic OH excluding ortho intramolecular Hbond substituents is 2. The lowest BCUT2D eigenvalue weighted by Crippen LogP contribution is -2.36. The molecule has 3 aromatic rings. The van der Waals surface area contributed by atoms with Crippen molar-refractivity contribution >= 4 is 28.4 Å². The smallest absolute Gasteiger partial charge is 0.235 e. The van der Waals surface area contributed by atoms with Crippen LogP contribution < -0.4 is 9.64 Å². The van der Waals surface area contributed by atoms with E-state index in [1.54, 1.807) is 6.08 Å². The van der Waals surface area contributed by atoms with Crippen LogP contribution in [-0.4, -0.2) is 46.9 Å². The van der Waals surface area contributed by atoms with Gasteiger partial charge in [-0.15, -0.1) is 0 Å². The van der Waals surface area contributed by atoms with Gasteiger partial charge in [-0.1, -0.05) is 6.07 Å². The Labute approximate surface area is 167 Å². The molecule has 0 amide bonds. The molecular weight excluding hydrogens is 372 g/mol. The number of fused-ring (bicyclic) bond motifs is 2. The largest absolute Gasteiger partial charge is 0.508 e. The molecule has 0 radical (unpaired) electrons. The standard InChI is InChI=1S/C22H20N2O5/c1-23-12-13(9-19-22(27)21-17(26)10-14(25)11-18(21)29-19)20-15(23)3-2-4-16(20)24-5-7-28-8-6-24/h2-4,9-12,25-26H,5-8H2,1H3/b19-9-. The number of rotatable bonds is 2. The van der Waals surface area contributed by atoms with Crippen molar-refractivity contribution < 1.29 is 24.5 Å². The maximum atomic E-state index is 12.8. The monoisotopic (exact) mass is 392 g/mol. The van der Waals surface area contributed by atoms with E-state index in [-0.39, 0.29) is 28.6 Å². The van der Waals surface area contributed by atoms with Crippen molar-refractivity contribution in [3.63, 3.8) is 0 Å². The highest BCUT2D eigenvalue weighted by molar-refractivity contribution is 6.17. The van der Waals surface area contributed by atoms with Crippen LogP contribution in [0.1, 0.15) is 15.9 Å². The lowest BCUT2D eigenvalue weighted by atomic mass is 10.1. The number of ketones is 1. The van der Waals surface area contributed by atoms with Gasteiger partial charge in [0.25, 0.3) is 0 Å². The second kappa shape index (κ2) is 6.56. The molecule has 0 bridgehead atoms. The van der Waals surface area contributed by atoms with E-state index in [0.717, 1.165) is 41.3 Å². The van der Waals surface area contributed by atoms with Gasteiger partial charge < -0.3 is 29.2 Å². The van der Waals surface area contributed by atoms with Crippen LogP contribution in [0.2, 0.25) is 0 Å². The molecule has 29 heavy (non-hydrogen) atoms. The van der Waals surface area contributed by atoms with Crippen LogP contribution >= 0.6 is 0 Å². The van der Waals surface area contributed by atoms with Crippen molar-refractivity contribution in [2.24, 2.45) is 7.05 Å². The first-order chi connectivity index (χ1) is 14.0. The minimum absolute atomic E-state index is 0.0719. The van der Waals surface area contributed by atoms with E-state index < -0.39 is 5.78 Å². The zero-order valence-electron chi connectivity index (χ0n) is 15.9. The fraction of sp³-hybridized carbons (Fsp3) is 0.227. The van der Waals surface area contributed by atoms with Gasteiger partial charge in [-0.05, 0) is 18.2 Å². The Morgan fingerprint density at radius 3 is 2.72 bits per heavy atom. The summed E-state index contributed by atoms with van der Waals surface area (Å²) in [6, 6.07) is 8.61. The lowest BCUT2D eigenvalue weighted by Gasteiger charge is -2.29. The number of carbonyl (C=O) groups is 1. The number of anilines is 1. The Bertz CT molecular complexity index is 1170. The highest BCUT2D eigenvalue weighted by Crippen LogP contribution is 2.41. The number of hydrogen-bond acceptors (Lipinski definition) is 6. The summed E-state index contributed by atoms with van der Waals surface area (Å²) in [6.07, 6.45) is 3.66. The molecule has 1 fully saturated rings. The van der Waals surface area contributed by atoms with E-state index in [1.807, 2.05) is 29.9 Å². The second-order valence-corrected chi connectivity index (χ2v) is 7.24. The first kappa shape index (κ1) is 17.6. The Kier molecular flexibility index (Phi) is 3.99. The summed E-state index contributed by atoms with van der Waals surface area (Å²) in [5.74, 6) is -0.577. The summed E-state index contributed by atoms with van der Waals surface area (Å²) in [4.78, 5) is 15.1. The summed E-state index contributed by atoms with van der Waals surface area (Å²) in [6.45, 7) is 2.97. The molecule has 0 aliphatic carbocycles. The first-order valence-electron chi connectivity index (χ1n) is 9.44. The molecule has 7 heteroatoms. The van der Waals surface area contributed by atoms with Gasteiger partial charge in [0.2, 0.25) is 5.78 Å². The van der Waals surface area contributed by atoms with Gasteiger partial charge in [0.15, 0.2) is 5.76 Å². The third-order valence-electron chi connectivity index (χ3n) is 5.40. The van der Waals surface area contributed by atoms with Gasteiger partial charge in [-0.25, -0.2) is 0 Å². The number of hydrogen-bond donors (Lipinski definition) is 2. The minimum atomic E-state index is -0.404.